The second-order valence-corrected chi connectivity index (χ2v) is 7.13. The lowest BCUT2D eigenvalue weighted by molar-refractivity contribution is -0.137. The van der Waals surface area contributed by atoms with Gasteiger partial charge in [-0.05, 0) is 42.5 Å². The number of para-hydroxylation sites is 2. The number of esters is 1. The van der Waals surface area contributed by atoms with Crippen LogP contribution in [-0.2, 0) is 10.9 Å². The van der Waals surface area contributed by atoms with Crippen LogP contribution < -0.4 is 10.5 Å². The molecule has 0 aliphatic carbocycles. The van der Waals surface area contributed by atoms with Crippen molar-refractivity contribution in [2.24, 2.45) is 0 Å². The number of amides is 1. The predicted molar refractivity (Wildman–Crippen MR) is 118 cm³/mol. The molecule has 4 rings (SSSR count). The lowest BCUT2D eigenvalue weighted by Crippen LogP contribution is -2.31. The fourth-order valence-corrected chi connectivity index (χ4v) is 3.43. The minimum atomic E-state index is -4.68. The van der Waals surface area contributed by atoms with E-state index in [0.29, 0.717) is 0 Å². The van der Waals surface area contributed by atoms with Gasteiger partial charge in [-0.15, -0.1) is 0 Å². The number of anilines is 2. The summed E-state index contributed by atoms with van der Waals surface area (Å²) in [5.41, 5.74) is -1.68. The number of aromatic nitrogens is 2. The number of ether oxygens (including phenoxy) is 1. The van der Waals surface area contributed by atoms with Crippen molar-refractivity contribution in [2.45, 2.75) is 6.18 Å². The van der Waals surface area contributed by atoms with Crippen LogP contribution in [-0.4, -0.2) is 29.0 Å². The normalized spacial score (nSPS) is 11.3. The van der Waals surface area contributed by atoms with Gasteiger partial charge >= 0.3 is 12.1 Å². The van der Waals surface area contributed by atoms with Crippen LogP contribution in [0.15, 0.2) is 77.6 Å². The van der Waals surface area contributed by atoms with Gasteiger partial charge in [-0.25, -0.2) is 9.78 Å². The van der Waals surface area contributed by atoms with Gasteiger partial charge in [0.25, 0.3) is 11.5 Å². The maximum Gasteiger partial charge on any atom is 0.416 e. The molecular weight excluding hydrogens is 451 g/mol. The number of benzene rings is 3. The molecule has 4 aromatic rings. The molecule has 0 unspecified atom stereocenters. The Hall–Kier alpha value is -4.47. The van der Waals surface area contributed by atoms with Crippen molar-refractivity contribution in [3.8, 4) is 0 Å². The number of H-pyrrole nitrogens is 1. The molecule has 1 N–H and O–H groups in total. The van der Waals surface area contributed by atoms with Gasteiger partial charge in [0.05, 0.1) is 34.8 Å². The third-order valence-corrected chi connectivity index (χ3v) is 5.00. The number of hydrogen-bond donors (Lipinski definition) is 1. The van der Waals surface area contributed by atoms with Crippen LogP contribution in [0.1, 0.15) is 26.5 Å². The number of alkyl halides is 3. The summed E-state index contributed by atoms with van der Waals surface area (Å²) >= 11 is 0. The van der Waals surface area contributed by atoms with Crippen LogP contribution >= 0.6 is 0 Å². The van der Waals surface area contributed by atoms with E-state index in [1.165, 1.54) is 42.5 Å². The van der Waals surface area contributed by atoms with Gasteiger partial charge < -0.3 is 9.72 Å². The number of methoxy groups -OCH3 is 1. The Morgan fingerprint density at radius 2 is 1.68 bits per heavy atom. The molecule has 0 aliphatic rings. The summed E-state index contributed by atoms with van der Waals surface area (Å²) in [6.07, 6.45) is -4.68. The molecule has 1 aromatic heterocycles. The first-order valence-electron chi connectivity index (χ1n) is 9.89. The van der Waals surface area contributed by atoms with Crippen molar-refractivity contribution in [1.29, 1.82) is 0 Å². The fourth-order valence-electron chi connectivity index (χ4n) is 3.43. The van der Waals surface area contributed by atoms with Gasteiger partial charge in [0.15, 0.2) is 0 Å². The minimum absolute atomic E-state index is 0.0468. The van der Waals surface area contributed by atoms with Crippen molar-refractivity contribution >= 4 is 34.2 Å². The number of halogens is 3. The van der Waals surface area contributed by atoms with E-state index in [-0.39, 0.29) is 27.8 Å². The van der Waals surface area contributed by atoms with Crippen LogP contribution in [0.4, 0.5) is 24.5 Å². The smallest absolute Gasteiger partial charge is 0.416 e. The number of carbonyl (C=O) groups excluding carboxylic acids is 2. The Kier molecular flexibility index (Phi) is 5.89. The van der Waals surface area contributed by atoms with E-state index in [1.807, 2.05) is 0 Å². The van der Waals surface area contributed by atoms with Crippen LogP contribution in [0.25, 0.3) is 10.9 Å². The van der Waals surface area contributed by atoms with Crippen molar-refractivity contribution in [1.82, 2.24) is 9.97 Å². The average Bonchev–Trinajstić information content (AvgIpc) is 2.83. The number of rotatable bonds is 4. The monoisotopic (exact) mass is 467 g/mol. The first-order valence-corrected chi connectivity index (χ1v) is 9.89. The third kappa shape index (κ3) is 4.25. The Morgan fingerprint density at radius 3 is 2.41 bits per heavy atom. The molecule has 172 valence electrons. The topological polar surface area (TPSA) is 92.4 Å². The molecule has 0 radical (unpaired) electrons. The van der Waals surface area contributed by atoms with E-state index in [4.69, 9.17) is 4.74 Å². The van der Waals surface area contributed by atoms with Crippen molar-refractivity contribution < 1.29 is 27.5 Å². The first-order chi connectivity index (χ1) is 16.2. The summed E-state index contributed by atoms with van der Waals surface area (Å²) in [6, 6.07) is 16.1. The molecule has 0 atom stereocenters. The Balaban J connectivity index is 1.96. The van der Waals surface area contributed by atoms with Gasteiger partial charge in [-0.2, -0.15) is 13.2 Å². The summed E-state index contributed by atoms with van der Waals surface area (Å²) in [4.78, 5) is 46.0. The number of carbonyl (C=O) groups is 2. The maximum atomic E-state index is 13.6. The molecule has 1 amide bonds. The van der Waals surface area contributed by atoms with Crippen molar-refractivity contribution in [3.05, 3.63) is 100 Å². The molecule has 1 heterocycles. The highest BCUT2D eigenvalue weighted by molar-refractivity contribution is 6.12. The van der Waals surface area contributed by atoms with Crippen molar-refractivity contribution in [2.75, 3.05) is 12.0 Å². The number of hydrogen-bond acceptors (Lipinski definition) is 5. The molecule has 0 spiro atoms. The Morgan fingerprint density at radius 1 is 0.971 bits per heavy atom. The molecule has 3 aromatic carbocycles. The number of aromatic amines is 1. The van der Waals surface area contributed by atoms with E-state index in [1.54, 1.807) is 12.1 Å². The van der Waals surface area contributed by atoms with Gasteiger partial charge in [0.1, 0.15) is 0 Å². The minimum Gasteiger partial charge on any atom is -0.465 e. The Labute approximate surface area is 190 Å². The Bertz CT molecular complexity index is 1460. The fraction of sp³-hybridized carbons (Fsp3) is 0.0833. The SMILES string of the molecule is COC(=O)c1ccccc1N(C(=O)c1nc2ccccc2c(=O)[nH]1)c1cccc(C(F)(F)F)c1. The highest BCUT2D eigenvalue weighted by Gasteiger charge is 2.33. The lowest BCUT2D eigenvalue weighted by atomic mass is 10.1. The van der Waals surface area contributed by atoms with Gasteiger partial charge in [0, 0.05) is 5.69 Å². The largest absolute Gasteiger partial charge is 0.465 e. The second-order valence-electron chi connectivity index (χ2n) is 7.13. The van der Waals surface area contributed by atoms with Gasteiger partial charge in [0.2, 0.25) is 5.82 Å². The molecule has 34 heavy (non-hydrogen) atoms. The number of fused-ring (bicyclic) bond motifs is 1. The zero-order valence-corrected chi connectivity index (χ0v) is 17.6. The van der Waals surface area contributed by atoms with E-state index in [9.17, 15) is 27.6 Å². The van der Waals surface area contributed by atoms with Crippen LogP contribution in [0.3, 0.4) is 0 Å². The van der Waals surface area contributed by atoms with E-state index < -0.39 is 35.0 Å². The summed E-state index contributed by atoms with van der Waals surface area (Å²) in [6.45, 7) is 0. The summed E-state index contributed by atoms with van der Waals surface area (Å²) in [5, 5.41) is 0.236. The molecule has 0 saturated carbocycles. The lowest BCUT2D eigenvalue weighted by Gasteiger charge is -2.25. The van der Waals surface area contributed by atoms with Crippen LogP contribution in [0, 0.1) is 0 Å². The molecule has 0 saturated heterocycles. The van der Waals surface area contributed by atoms with Crippen LogP contribution in [0.2, 0.25) is 0 Å². The second kappa shape index (κ2) is 8.81. The van der Waals surface area contributed by atoms with Gasteiger partial charge in [-0.3, -0.25) is 14.5 Å². The zero-order valence-electron chi connectivity index (χ0n) is 17.6. The highest BCUT2D eigenvalue weighted by atomic mass is 19.4. The zero-order chi connectivity index (χ0) is 24.5. The maximum absolute atomic E-state index is 13.6. The first kappa shape index (κ1) is 22.7. The average molecular weight is 467 g/mol. The summed E-state index contributed by atoms with van der Waals surface area (Å²) in [7, 11) is 1.14. The van der Waals surface area contributed by atoms with E-state index >= 15 is 0 Å². The predicted octanol–water partition coefficient (Wildman–Crippen LogP) is 4.71. The molecular formula is C24H16F3N3O4. The highest BCUT2D eigenvalue weighted by Crippen LogP contribution is 2.35. The molecule has 7 nitrogen and oxygen atoms in total. The van der Waals surface area contributed by atoms with Crippen LogP contribution in [0.5, 0.6) is 0 Å². The van der Waals surface area contributed by atoms with Crippen molar-refractivity contribution in [3.63, 3.8) is 0 Å². The quantitative estimate of drug-likeness (QED) is 0.439. The summed E-state index contributed by atoms with van der Waals surface area (Å²) < 4.78 is 45.0. The molecule has 10 heteroatoms. The van der Waals surface area contributed by atoms with E-state index in [0.717, 1.165) is 30.2 Å². The van der Waals surface area contributed by atoms with Gasteiger partial charge in [-0.1, -0.05) is 30.3 Å². The van der Waals surface area contributed by atoms with E-state index in [2.05, 4.69) is 9.97 Å². The number of nitrogens with one attached hydrogen (secondary N) is 1. The number of nitrogens with zero attached hydrogens (tertiary/aromatic N) is 2. The molecule has 0 fully saturated rings. The summed E-state index contributed by atoms with van der Waals surface area (Å²) in [5.74, 6) is -2.17. The molecule has 0 bridgehead atoms. The molecule has 0 aliphatic heterocycles. The standard InChI is InChI=1S/C24H16F3N3O4/c1-34-23(33)17-10-3-5-12-19(17)30(15-8-6-7-14(13-15)24(25,26)27)22(32)20-28-18-11-4-2-9-16(18)21(31)29-20/h2-13H,1H3,(H,28,29,31). The third-order valence-electron chi connectivity index (χ3n) is 5.00.